The van der Waals surface area contributed by atoms with Crippen LogP contribution < -0.4 is 5.32 Å². The van der Waals surface area contributed by atoms with Crippen LogP contribution in [0.5, 0.6) is 0 Å². The van der Waals surface area contributed by atoms with Crippen molar-refractivity contribution in [3.63, 3.8) is 0 Å². The van der Waals surface area contributed by atoms with E-state index in [0.29, 0.717) is 23.6 Å². The number of nitrogens with one attached hydrogen (secondary N) is 1. The number of amides is 3. The molecule has 0 radical (unpaired) electrons. The number of imide groups is 1. The van der Waals surface area contributed by atoms with E-state index in [1.54, 1.807) is 24.3 Å². The Morgan fingerprint density at radius 1 is 1.28 bits per heavy atom. The predicted octanol–water partition coefficient (Wildman–Crippen LogP) is 4.18. The number of hydrogen-bond donors (Lipinski definition) is 1. The number of hydrogen-bond acceptors (Lipinski definition) is 6. The highest BCUT2D eigenvalue weighted by atomic mass is 35.5. The monoisotopic (exact) mass is 459 g/mol. The summed E-state index contributed by atoms with van der Waals surface area (Å²) in [5, 5.41) is 3.46. The van der Waals surface area contributed by atoms with Crippen LogP contribution in [0.2, 0.25) is 5.02 Å². The van der Waals surface area contributed by atoms with Gasteiger partial charge in [0, 0.05) is 10.6 Å². The Bertz CT molecular complexity index is 1050. The molecule has 4 rings (SSSR count). The molecular weight excluding hydrogens is 434 g/mol. The Hall–Kier alpha value is -2.87. The molecule has 3 amide bonds. The van der Waals surface area contributed by atoms with Crippen molar-refractivity contribution < 1.29 is 23.5 Å². The van der Waals surface area contributed by atoms with Gasteiger partial charge in [-0.3, -0.25) is 14.5 Å². The van der Waals surface area contributed by atoms with Crippen molar-refractivity contribution >= 4 is 29.5 Å². The lowest BCUT2D eigenvalue weighted by atomic mass is 9.64. The highest BCUT2D eigenvalue weighted by molar-refractivity contribution is 6.30. The molecule has 1 aromatic heterocycles. The van der Waals surface area contributed by atoms with Crippen LogP contribution >= 0.6 is 11.6 Å². The topological polar surface area (TPSA) is 102 Å². The minimum atomic E-state index is -0.950. The van der Waals surface area contributed by atoms with Crippen LogP contribution in [0.3, 0.4) is 0 Å². The molecule has 32 heavy (non-hydrogen) atoms. The zero-order valence-corrected chi connectivity index (χ0v) is 19.1. The molecule has 2 aromatic rings. The van der Waals surface area contributed by atoms with E-state index >= 15 is 0 Å². The number of carbonyl (C=O) groups is 3. The molecule has 1 aliphatic heterocycles. The highest BCUT2D eigenvalue weighted by Gasteiger charge is 2.56. The smallest absolute Gasteiger partial charge is 0.326 e. The number of ether oxygens (including phenoxy) is 1. The first-order valence-corrected chi connectivity index (χ1v) is 11.0. The molecule has 1 N–H and O–H groups in total. The van der Waals surface area contributed by atoms with Crippen molar-refractivity contribution in [1.82, 2.24) is 15.2 Å². The van der Waals surface area contributed by atoms with Crippen LogP contribution in [0.15, 0.2) is 34.9 Å². The number of rotatable bonds is 5. The summed E-state index contributed by atoms with van der Waals surface area (Å²) >= 11 is 5.89. The van der Waals surface area contributed by atoms with Crippen molar-refractivity contribution in [3.05, 3.63) is 41.4 Å². The fourth-order valence-electron chi connectivity index (χ4n) is 5.09. The van der Waals surface area contributed by atoms with Crippen LogP contribution in [0, 0.1) is 11.3 Å². The van der Waals surface area contributed by atoms with Gasteiger partial charge in [0.25, 0.3) is 5.91 Å². The van der Waals surface area contributed by atoms with Crippen LogP contribution in [-0.4, -0.2) is 39.9 Å². The zero-order chi connectivity index (χ0) is 23.1. The van der Waals surface area contributed by atoms with Crippen molar-refractivity contribution in [2.75, 3.05) is 6.54 Å². The molecule has 9 heteroatoms. The molecule has 1 saturated carbocycles. The first-order valence-electron chi connectivity index (χ1n) is 10.6. The van der Waals surface area contributed by atoms with Crippen molar-refractivity contribution in [1.29, 1.82) is 0 Å². The maximum atomic E-state index is 13.1. The van der Waals surface area contributed by atoms with Gasteiger partial charge in [-0.25, -0.2) is 9.78 Å². The molecule has 0 bridgehead atoms. The van der Waals surface area contributed by atoms with Crippen molar-refractivity contribution in [2.24, 2.45) is 11.3 Å². The molecule has 1 saturated heterocycles. The Labute approximate surface area is 191 Å². The predicted molar refractivity (Wildman–Crippen MR) is 117 cm³/mol. The lowest BCUT2D eigenvalue weighted by Gasteiger charge is -2.43. The first-order chi connectivity index (χ1) is 15.1. The average molecular weight is 460 g/mol. The second kappa shape index (κ2) is 8.24. The van der Waals surface area contributed by atoms with Gasteiger partial charge in [0.1, 0.15) is 12.1 Å². The maximum Gasteiger partial charge on any atom is 0.326 e. The number of carbonyl (C=O) groups excluding carboxylic acids is 3. The molecule has 1 spiro atoms. The zero-order valence-electron chi connectivity index (χ0n) is 18.3. The number of benzene rings is 1. The molecule has 1 aliphatic carbocycles. The van der Waals surface area contributed by atoms with E-state index in [1.165, 1.54) is 6.20 Å². The van der Waals surface area contributed by atoms with E-state index in [2.05, 4.69) is 31.1 Å². The van der Waals surface area contributed by atoms with Crippen LogP contribution in [0.25, 0.3) is 11.3 Å². The molecule has 170 valence electrons. The Morgan fingerprint density at radius 2 is 2.00 bits per heavy atom. The van der Waals surface area contributed by atoms with Gasteiger partial charge in [0.05, 0.1) is 6.20 Å². The number of esters is 1. The lowest BCUT2D eigenvalue weighted by Crippen LogP contribution is -2.54. The van der Waals surface area contributed by atoms with Gasteiger partial charge in [-0.2, -0.15) is 0 Å². The Kier molecular flexibility index (Phi) is 5.75. The van der Waals surface area contributed by atoms with Gasteiger partial charge >= 0.3 is 12.0 Å². The average Bonchev–Trinajstić information content (AvgIpc) is 3.25. The van der Waals surface area contributed by atoms with E-state index in [4.69, 9.17) is 20.8 Å². The quantitative estimate of drug-likeness (QED) is 0.531. The van der Waals surface area contributed by atoms with Crippen molar-refractivity contribution in [3.8, 4) is 11.3 Å². The summed E-state index contributed by atoms with van der Waals surface area (Å²) in [6, 6.07) is 6.49. The standard InChI is InChI=1S/C23H26ClN3O5/c1-14-8-22(2,3)13-23(9-14)20(29)27(21(30)26-23)11-19(28)31-12-18-25-10-17(32-18)15-4-6-16(24)7-5-15/h4-7,10,14H,8-9,11-13H2,1-3H3,(H,26,30). The maximum absolute atomic E-state index is 13.1. The number of nitrogens with zero attached hydrogens (tertiary/aromatic N) is 2. The van der Waals surface area contributed by atoms with Crippen LogP contribution in [-0.2, 0) is 20.9 Å². The molecule has 2 heterocycles. The Balaban J connectivity index is 1.36. The minimum Gasteiger partial charge on any atom is -0.454 e. The number of urea groups is 1. The fraction of sp³-hybridized carbons (Fsp3) is 0.478. The third-order valence-electron chi connectivity index (χ3n) is 5.95. The van der Waals surface area contributed by atoms with E-state index in [9.17, 15) is 14.4 Å². The van der Waals surface area contributed by atoms with Gasteiger partial charge in [-0.1, -0.05) is 32.4 Å². The summed E-state index contributed by atoms with van der Waals surface area (Å²) in [5.74, 6) is -0.0625. The molecule has 1 aromatic carbocycles. The molecule has 8 nitrogen and oxygen atoms in total. The second-order valence-electron chi connectivity index (χ2n) is 9.54. The lowest BCUT2D eigenvalue weighted by molar-refractivity contribution is -0.150. The van der Waals surface area contributed by atoms with E-state index in [-0.39, 0.29) is 29.7 Å². The van der Waals surface area contributed by atoms with E-state index < -0.39 is 24.1 Å². The largest absolute Gasteiger partial charge is 0.454 e. The summed E-state index contributed by atoms with van der Waals surface area (Å²) in [6.45, 7) is 5.61. The summed E-state index contributed by atoms with van der Waals surface area (Å²) in [4.78, 5) is 43.0. The first kappa shape index (κ1) is 22.3. The van der Waals surface area contributed by atoms with E-state index in [0.717, 1.165) is 16.9 Å². The number of halogens is 1. The highest BCUT2D eigenvalue weighted by Crippen LogP contribution is 2.46. The molecular formula is C23H26ClN3O5. The summed E-state index contributed by atoms with van der Waals surface area (Å²) in [7, 11) is 0. The van der Waals surface area contributed by atoms with Crippen LogP contribution in [0.4, 0.5) is 4.79 Å². The third-order valence-corrected chi connectivity index (χ3v) is 6.20. The second-order valence-corrected chi connectivity index (χ2v) is 9.98. The van der Waals surface area contributed by atoms with E-state index in [1.807, 2.05) is 0 Å². The molecule has 2 unspecified atom stereocenters. The molecule has 2 aliphatic rings. The summed E-state index contributed by atoms with van der Waals surface area (Å²) in [6.07, 6.45) is 3.62. The number of oxazole rings is 1. The van der Waals surface area contributed by atoms with Gasteiger partial charge in [0.2, 0.25) is 5.89 Å². The summed E-state index contributed by atoms with van der Waals surface area (Å²) in [5.41, 5.74) is -0.243. The number of aromatic nitrogens is 1. The van der Waals surface area contributed by atoms with Gasteiger partial charge in [-0.15, -0.1) is 0 Å². The normalized spacial score (nSPS) is 24.6. The van der Waals surface area contributed by atoms with Gasteiger partial charge in [-0.05, 0) is 54.9 Å². The Morgan fingerprint density at radius 3 is 2.69 bits per heavy atom. The summed E-state index contributed by atoms with van der Waals surface area (Å²) < 4.78 is 10.8. The fourth-order valence-corrected chi connectivity index (χ4v) is 5.22. The molecule has 2 fully saturated rings. The van der Waals surface area contributed by atoms with Gasteiger partial charge < -0.3 is 14.5 Å². The SMILES string of the molecule is CC1CC(C)(C)CC2(C1)NC(=O)N(CC(=O)OCc1ncc(-c3ccc(Cl)cc3)o1)C2=O. The third kappa shape index (κ3) is 4.50. The van der Waals surface area contributed by atoms with Crippen molar-refractivity contribution in [2.45, 2.75) is 52.2 Å². The van der Waals surface area contributed by atoms with Gasteiger partial charge in [0.15, 0.2) is 12.4 Å². The minimum absolute atomic E-state index is 0.0795. The van der Waals surface area contributed by atoms with Crippen LogP contribution in [0.1, 0.15) is 45.9 Å². The molecule has 2 atom stereocenters.